The number of Topliss-reactive ketones (excluding diaryl/α,β-unsaturated/α-hetero) is 1. The van der Waals surface area contributed by atoms with Gasteiger partial charge in [-0.25, -0.2) is 0 Å². The predicted octanol–water partition coefficient (Wildman–Crippen LogP) is 4.41. The molecular weight excluding hydrogens is 404 g/mol. The van der Waals surface area contributed by atoms with Crippen molar-refractivity contribution >= 4 is 17.9 Å². The van der Waals surface area contributed by atoms with E-state index in [0.717, 1.165) is 24.1 Å². The van der Waals surface area contributed by atoms with Crippen LogP contribution in [-0.4, -0.2) is 10.8 Å². The molecule has 1 aromatic heterocycles. The number of hydrogen-bond acceptors (Lipinski definition) is 3. The van der Waals surface area contributed by atoms with Crippen LogP contribution < -0.4 is 15.8 Å². The minimum Gasteiger partial charge on any atom is -0.364 e. The Balaban J connectivity index is 1.55. The average molecular weight is 429 g/mol. The maximum atomic E-state index is 13.5. The highest BCUT2D eigenvalue weighted by molar-refractivity contribution is 6.01. The van der Waals surface area contributed by atoms with Gasteiger partial charge in [0.05, 0.1) is 0 Å². The van der Waals surface area contributed by atoms with E-state index in [1.807, 2.05) is 30.5 Å². The normalized spacial score (nSPS) is 20.1. The van der Waals surface area contributed by atoms with Crippen molar-refractivity contribution in [2.45, 2.75) is 18.8 Å². The number of fused-ring (bicyclic) bond motifs is 5. The van der Waals surface area contributed by atoms with Crippen LogP contribution in [0.5, 0.6) is 0 Å². The van der Waals surface area contributed by atoms with Gasteiger partial charge in [-0.05, 0) is 69.8 Å². The molecule has 0 saturated heterocycles. The molecule has 2 aromatic carbocycles. The highest BCUT2D eigenvalue weighted by Gasteiger charge is 2.31. The summed E-state index contributed by atoms with van der Waals surface area (Å²) >= 11 is 0. The second-order valence-corrected chi connectivity index (χ2v) is 8.77. The molecule has 33 heavy (non-hydrogen) atoms. The van der Waals surface area contributed by atoms with Gasteiger partial charge < -0.3 is 5.32 Å². The SMILES string of the molecule is O=C(c1ccncc1)C1C=c2c(ccc3c2=CCc2ccccc2-3)C(C2=CC=CC=CN2)C1. The van der Waals surface area contributed by atoms with E-state index in [2.05, 4.69) is 71.0 Å². The lowest BCUT2D eigenvalue weighted by molar-refractivity contribution is 0.0943. The molecule has 6 rings (SSSR count). The molecule has 0 spiro atoms. The number of hydrogen-bond donors (Lipinski definition) is 1. The third kappa shape index (κ3) is 3.46. The zero-order valence-corrected chi connectivity index (χ0v) is 18.2. The summed E-state index contributed by atoms with van der Waals surface area (Å²) in [6.45, 7) is 0. The Labute approximate surface area is 193 Å². The fourth-order valence-electron chi connectivity index (χ4n) is 5.32. The molecule has 160 valence electrons. The standard InChI is InChI=1S/C30H24N2O/c33-30(21-13-16-31-17-14-21)22-18-27-25-10-9-20-6-3-4-7-23(20)24(25)11-12-26(27)28(19-22)29-8-2-1-5-15-32-29/h1-8,10-18,22,28,32H,9,19H2. The third-order valence-corrected chi connectivity index (χ3v) is 6.91. The van der Waals surface area contributed by atoms with E-state index in [9.17, 15) is 4.79 Å². The Morgan fingerprint density at radius 3 is 2.70 bits per heavy atom. The first kappa shape index (κ1) is 19.7. The molecule has 0 radical (unpaired) electrons. The maximum absolute atomic E-state index is 13.5. The molecule has 0 bridgehead atoms. The molecule has 2 atom stereocenters. The molecule has 2 aliphatic carbocycles. The summed E-state index contributed by atoms with van der Waals surface area (Å²) in [5.74, 6) is 0.0760. The Morgan fingerprint density at radius 1 is 0.909 bits per heavy atom. The maximum Gasteiger partial charge on any atom is 0.169 e. The van der Waals surface area contributed by atoms with E-state index < -0.39 is 0 Å². The first-order valence-electron chi connectivity index (χ1n) is 11.5. The molecule has 3 nitrogen and oxygen atoms in total. The average Bonchev–Trinajstić information content (AvgIpc) is 3.17. The van der Waals surface area contributed by atoms with Crippen LogP contribution in [0.2, 0.25) is 0 Å². The Hall–Kier alpha value is -3.98. The number of nitrogens with one attached hydrogen (secondary N) is 1. The van der Waals surface area contributed by atoms with Gasteiger partial charge in [-0.3, -0.25) is 9.78 Å². The summed E-state index contributed by atoms with van der Waals surface area (Å²) < 4.78 is 0. The Morgan fingerprint density at radius 2 is 1.79 bits per heavy atom. The zero-order valence-electron chi connectivity index (χ0n) is 18.2. The van der Waals surface area contributed by atoms with Gasteiger partial charge in [0.25, 0.3) is 0 Å². The summed E-state index contributed by atoms with van der Waals surface area (Å²) in [6, 6.07) is 16.8. The fraction of sp³-hybridized carbons (Fsp3) is 0.133. The van der Waals surface area contributed by atoms with Crippen molar-refractivity contribution in [1.29, 1.82) is 0 Å². The van der Waals surface area contributed by atoms with Gasteiger partial charge in [0.15, 0.2) is 5.78 Å². The molecule has 0 amide bonds. The van der Waals surface area contributed by atoms with Gasteiger partial charge in [-0.2, -0.15) is 0 Å². The van der Waals surface area contributed by atoms with Crippen molar-refractivity contribution in [1.82, 2.24) is 10.3 Å². The number of aromatic nitrogens is 1. The predicted molar refractivity (Wildman–Crippen MR) is 133 cm³/mol. The smallest absolute Gasteiger partial charge is 0.169 e. The zero-order chi connectivity index (χ0) is 22.2. The third-order valence-electron chi connectivity index (χ3n) is 6.91. The fourth-order valence-corrected chi connectivity index (χ4v) is 5.32. The van der Waals surface area contributed by atoms with Crippen LogP contribution in [0, 0.1) is 5.92 Å². The number of allylic oxidation sites excluding steroid dienone is 5. The van der Waals surface area contributed by atoms with Crippen LogP contribution in [0.3, 0.4) is 0 Å². The summed E-state index contributed by atoms with van der Waals surface area (Å²) in [6.07, 6.45) is 19.8. The van der Waals surface area contributed by atoms with Gasteiger partial charge in [-0.15, -0.1) is 0 Å². The Kier molecular flexibility index (Phi) is 4.88. The van der Waals surface area contributed by atoms with Gasteiger partial charge >= 0.3 is 0 Å². The molecule has 3 heteroatoms. The first-order chi connectivity index (χ1) is 16.3. The summed E-state index contributed by atoms with van der Waals surface area (Å²) in [4.78, 5) is 17.6. The number of ketones is 1. The van der Waals surface area contributed by atoms with Crippen LogP contribution >= 0.6 is 0 Å². The highest BCUT2D eigenvalue weighted by atomic mass is 16.1. The lowest BCUT2D eigenvalue weighted by Crippen LogP contribution is -2.39. The molecule has 2 unspecified atom stereocenters. The summed E-state index contributed by atoms with van der Waals surface area (Å²) in [5.41, 5.74) is 7.03. The largest absolute Gasteiger partial charge is 0.364 e. The number of nitrogens with zero attached hydrogens (tertiary/aromatic N) is 1. The number of benzene rings is 2. The van der Waals surface area contributed by atoms with Crippen LogP contribution in [0.25, 0.3) is 23.3 Å². The van der Waals surface area contributed by atoms with Crippen molar-refractivity contribution < 1.29 is 4.79 Å². The highest BCUT2D eigenvalue weighted by Crippen LogP contribution is 2.35. The van der Waals surface area contributed by atoms with Crippen LogP contribution in [0.1, 0.15) is 33.8 Å². The number of carbonyl (C=O) groups excluding carboxylic acids is 1. The molecule has 3 aromatic rings. The van der Waals surface area contributed by atoms with Crippen LogP contribution in [0.15, 0.2) is 97.1 Å². The van der Waals surface area contributed by atoms with E-state index in [0.29, 0.717) is 0 Å². The monoisotopic (exact) mass is 428 g/mol. The van der Waals surface area contributed by atoms with Crippen LogP contribution in [0.4, 0.5) is 0 Å². The molecule has 0 fully saturated rings. The second-order valence-electron chi connectivity index (χ2n) is 8.77. The Bertz CT molecular complexity index is 1460. The first-order valence-corrected chi connectivity index (χ1v) is 11.5. The van der Waals surface area contributed by atoms with E-state index in [1.54, 1.807) is 12.4 Å². The molecular formula is C30H24N2O. The van der Waals surface area contributed by atoms with E-state index in [1.165, 1.54) is 32.7 Å². The molecule has 3 aliphatic rings. The van der Waals surface area contributed by atoms with Gasteiger partial charge in [0.2, 0.25) is 0 Å². The quantitative estimate of drug-likeness (QED) is 0.629. The van der Waals surface area contributed by atoms with E-state index in [-0.39, 0.29) is 17.6 Å². The van der Waals surface area contributed by atoms with Crippen molar-refractivity contribution in [3.63, 3.8) is 0 Å². The number of rotatable bonds is 3. The van der Waals surface area contributed by atoms with E-state index >= 15 is 0 Å². The number of pyridine rings is 1. The van der Waals surface area contributed by atoms with Crippen molar-refractivity contribution in [2.75, 3.05) is 0 Å². The summed E-state index contributed by atoms with van der Waals surface area (Å²) in [5, 5.41) is 5.91. The van der Waals surface area contributed by atoms with Crippen LogP contribution in [-0.2, 0) is 6.42 Å². The lowest BCUT2D eigenvalue weighted by atomic mass is 9.75. The van der Waals surface area contributed by atoms with Gasteiger partial charge in [0.1, 0.15) is 0 Å². The van der Waals surface area contributed by atoms with Crippen molar-refractivity contribution in [3.05, 3.63) is 124 Å². The van der Waals surface area contributed by atoms with Gasteiger partial charge in [0, 0.05) is 41.7 Å². The molecule has 0 saturated carbocycles. The minimum atomic E-state index is -0.194. The summed E-state index contributed by atoms with van der Waals surface area (Å²) in [7, 11) is 0. The molecule has 2 heterocycles. The second kappa shape index (κ2) is 8.18. The van der Waals surface area contributed by atoms with Crippen molar-refractivity contribution in [3.8, 4) is 11.1 Å². The topological polar surface area (TPSA) is 42.0 Å². The lowest BCUT2D eigenvalue weighted by Gasteiger charge is -2.30. The molecule has 1 N–H and O–H groups in total. The van der Waals surface area contributed by atoms with Gasteiger partial charge in [-0.1, -0.05) is 60.7 Å². The number of carbonyl (C=O) groups is 1. The molecule has 1 aliphatic heterocycles. The van der Waals surface area contributed by atoms with Crippen molar-refractivity contribution in [2.24, 2.45) is 5.92 Å². The van der Waals surface area contributed by atoms with E-state index in [4.69, 9.17) is 0 Å². The minimum absolute atomic E-state index is 0.115.